The second kappa shape index (κ2) is 11.0. The smallest absolute Gasteiger partial charge is 0.321 e. The third-order valence-corrected chi connectivity index (χ3v) is 7.81. The van der Waals surface area contributed by atoms with E-state index in [1.807, 2.05) is 89.6 Å². The SMILES string of the molecule is Cc1cc2[nH]nc(/C=C/c3cccc(NC(=O)N4CCSCC4)c3)c2cc1NC(=O)Cc1cccs1. The van der Waals surface area contributed by atoms with Crippen molar-refractivity contribution in [3.8, 4) is 0 Å². The summed E-state index contributed by atoms with van der Waals surface area (Å²) in [6.45, 7) is 3.52. The number of thiophene rings is 1. The number of aromatic amines is 1. The lowest BCUT2D eigenvalue weighted by molar-refractivity contribution is -0.115. The zero-order valence-electron chi connectivity index (χ0n) is 19.9. The predicted molar refractivity (Wildman–Crippen MR) is 151 cm³/mol. The first-order valence-corrected chi connectivity index (χ1v) is 13.8. The van der Waals surface area contributed by atoms with Gasteiger partial charge in [0.15, 0.2) is 0 Å². The normalized spacial score (nSPS) is 13.9. The van der Waals surface area contributed by atoms with Gasteiger partial charge in [-0.05, 0) is 59.8 Å². The summed E-state index contributed by atoms with van der Waals surface area (Å²) in [6.07, 6.45) is 4.27. The molecule has 3 N–H and O–H groups in total. The van der Waals surface area contributed by atoms with E-state index in [0.717, 1.165) is 68.6 Å². The number of carbonyl (C=O) groups is 2. The van der Waals surface area contributed by atoms with E-state index in [0.29, 0.717) is 6.42 Å². The Labute approximate surface area is 218 Å². The Morgan fingerprint density at radius 3 is 2.75 bits per heavy atom. The van der Waals surface area contributed by atoms with E-state index in [2.05, 4.69) is 20.8 Å². The molecule has 0 aliphatic carbocycles. The van der Waals surface area contributed by atoms with Crippen LogP contribution in [-0.4, -0.2) is 51.6 Å². The molecule has 3 amide bonds. The van der Waals surface area contributed by atoms with E-state index in [1.54, 1.807) is 11.3 Å². The molecular weight excluding hydrogens is 490 g/mol. The highest BCUT2D eigenvalue weighted by Gasteiger charge is 2.16. The van der Waals surface area contributed by atoms with Crippen LogP contribution < -0.4 is 10.6 Å². The van der Waals surface area contributed by atoms with Gasteiger partial charge in [-0.2, -0.15) is 16.9 Å². The summed E-state index contributed by atoms with van der Waals surface area (Å²) in [7, 11) is 0. The minimum Gasteiger partial charge on any atom is -0.326 e. The molecule has 0 atom stereocenters. The van der Waals surface area contributed by atoms with Crippen molar-refractivity contribution in [1.29, 1.82) is 0 Å². The first-order valence-electron chi connectivity index (χ1n) is 11.8. The fraction of sp³-hybridized carbons (Fsp3) is 0.222. The number of hydrogen-bond acceptors (Lipinski definition) is 5. The van der Waals surface area contributed by atoms with E-state index in [4.69, 9.17) is 0 Å². The number of nitrogens with one attached hydrogen (secondary N) is 3. The molecule has 5 rings (SSSR count). The summed E-state index contributed by atoms with van der Waals surface area (Å²) in [5, 5.41) is 16.5. The highest BCUT2D eigenvalue weighted by molar-refractivity contribution is 7.99. The predicted octanol–water partition coefficient (Wildman–Crippen LogP) is 5.87. The zero-order valence-corrected chi connectivity index (χ0v) is 21.5. The van der Waals surface area contributed by atoms with E-state index in [1.165, 1.54) is 0 Å². The number of aryl methyl sites for hydroxylation is 1. The van der Waals surface area contributed by atoms with E-state index < -0.39 is 0 Å². The second-order valence-corrected chi connectivity index (χ2v) is 10.9. The number of benzene rings is 2. The average Bonchev–Trinajstić information content (AvgIpc) is 3.53. The van der Waals surface area contributed by atoms with Crippen LogP contribution in [0.15, 0.2) is 53.9 Å². The molecule has 0 unspecified atom stereocenters. The van der Waals surface area contributed by atoms with Gasteiger partial charge in [-0.1, -0.05) is 24.3 Å². The van der Waals surface area contributed by atoms with Crippen LogP contribution in [0.4, 0.5) is 16.2 Å². The van der Waals surface area contributed by atoms with Crippen molar-refractivity contribution >= 4 is 69.5 Å². The Kier molecular flexibility index (Phi) is 7.39. The molecule has 2 aromatic carbocycles. The molecule has 184 valence electrons. The van der Waals surface area contributed by atoms with E-state index >= 15 is 0 Å². The van der Waals surface area contributed by atoms with Crippen LogP contribution in [0.1, 0.15) is 21.7 Å². The molecule has 36 heavy (non-hydrogen) atoms. The van der Waals surface area contributed by atoms with Gasteiger partial charge in [0, 0.05) is 46.2 Å². The highest BCUT2D eigenvalue weighted by atomic mass is 32.2. The maximum Gasteiger partial charge on any atom is 0.321 e. The first kappa shape index (κ1) is 24.1. The molecule has 0 spiro atoms. The monoisotopic (exact) mass is 517 g/mol. The zero-order chi connectivity index (χ0) is 24.9. The molecule has 7 nitrogen and oxygen atoms in total. The lowest BCUT2D eigenvalue weighted by Gasteiger charge is -2.26. The van der Waals surface area contributed by atoms with Crippen molar-refractivity contribution in [1.82, 2.24) is 15.1 Å². The maximum absolute atomic E-state index is 12.5. The molecule has 1 fully saturated rings. The summed E-state index contributed by atoms with van der Waals surface area (Å²) in [4.78, 5) is 28.0. The molecule has 1 saturated heterocycles. The fourth-order valence-corrected chi connectivity index (χ4v) is 5.69. The van der Waals surface area contributed by atoms with Crippen molar-refractivity contribution in [2.75, 3.05) is 35.2 Å². The molecule has 9 heteroatoms. The first-order chi connectivity index (χ1) is 17.5. The molecule has 0 bridgehead atoms. The molecule has 1 aliphatic rings. The van der Waals surface area contributed by atoms with Gasteiger partial charge in [0.25, 0.3) is 0 Å². The van der Waals surface area contributed by atoms with Gasteiger partial charge in [0.2, 0.25) is 5.91 Å². The van der Waals surface area contributed by atoms with Crippen molar-refractivity contribution in [3.63, 3.8) is 0 Å². The quantitative estimate of drug-likeness (QED) is 0.299. The fourth-order valence-electron chi connectivity index (χ4n) is 4.08. The third-order valence-electron chi connectivity index (χ3n) is 6.00. The van der Waals surface area contributed by atoms with E-state index in [-0.39, 0.29) is 11.9 Å². The van der Waals surface area contributed by atoms with Crippen LogP contribution in [0.25, 0.3) is 23.1 Å². The van der Waals surface area contributed by atoms with Gasteiger partial charge < -0.3 is 15.5 Å². The van der Waals surface area contributed by atoms with Gasteiger partial charge in [0.1, 0.15) is 0 Å². The highest BCUT2D eigenvalue weighted by Crippen LogP contribution is 2.26. The number of thioether (sulfide) groups is 1. The standard InChI is InChI=1S/C27H27N5O2S2/c1-18-14-25-22(17-24(18)29-26(33)16-21-6-3-11-36-21)23(30-31-25)8-7-19-4-2-5-20(15-19)28-27(34)32-9-12-35-13-10-32/h2-8,11,14-15,17H,9-10,12-13,16H2,1H3,(H,28,34)(H,29,33)(H,30,31)/b8-7+. The summed E-state index contributed by atoms with van der Waals surface area (Å²) in [5.41, 5.74) is 5.15. The van der Waals surface area contributed by atoms with Crippen LogP contribution in [0, 0.1) is 6.92 Å². The Bertz CT molecular complexity index is 1410. The van der Waals surface area contributed by atoms with Crippen LogP contribution in [0.3, 0.4) is 0 Å². The third kappa shape index (κ3) is 5.80. The van der Waals surface area contributed by atoms with Gasteiger partial charge in [0.05, 0.1) is 17.6 Å². The van der Waals surface area contributed by atoms with Crippen LogP contribution in [0.5, 0.6) is 0 Å². The summed E-state index contributed by atoms with van der Waals surface area (Å²) < 4.78 is 0. The number of hydrogen-bond donors (Lipinski definition) is 3. The largest absolute Gasteiger partial charge is 0.326 e. The van der Waals surface area contributed by atoms with Gasteiger partial charge in [-0.25, -0.2) is 4.79 Å². The number of carbonyl (C=O) groups excluding carboxylic acids is 2. The molecule has 0 saturated carbocycles. The number of rotatable bonds is 6. The van der Waals surface area contributed by atoms with Crippen LogP contribution in [-0.2, 0) is 11.2 Å². The minimum atomic E-state index is -0.0567. The molecule has 3 heterocycles. The molecule has 4 aromatic rings. The maximum atomic E-state index is 12.5. The number of fused-ring (bicyclic) bond motifs is 1. The molecular formula is C27H27N5O2S2. The second-order valence-electron chi connectivity index (χ2n) is 8.61. The Morgan fingerprint density at radius 1 is 1.08 bits per heavy atom. The lowest BCUT2D eigenvalue weighted by Crippen LogP contribution is -2.40. The van der Waals surface area contributed by atoms with Crippen molar-refractivity contribution in [2.45, 2.75) is 13.3 Å². The minimum absolute atomic E-state index is 0.0392. The number of amides is 3. The number of nitrogens with zero attached hydrogens (tertiary/aromatic N) is 2. The van der Waals surface area contributed by atoms with Crippen molar-refractivity contribution in [2.24, 2.45) is 0 Å². The molecule has 0 radical (unpaired) electrons. The Balaban J connectivity index is 1.30. The number of anilines is 2. The van der Waals surface area contributed by atoms with Crippen LogP contribution >= 0.6 is 23.1 Å². The van der Waals surface area contributed by atoms with Gasteiger partial charge >= 0.3 is 6.03 Å². The topological polar surface area (TPSA) is 90.1 Å². The van der Waals surface area contributed by atoms with Gasteiger partial charge in [-0.15, -0.1) is 11.3 Å². The Hall–Kier alpha value is -3.56. The summed E-state index contributed by atoms with van der Waals surface area (Å²) in [6, 6.07) is 15.6. The summed E-state index contributed by atoms with van der Waals surface area (Å²) in [5.74, 6) is 1.92. The lowest BCUT2D eigenvalue weighted by atomic mass is 10.1. The van der Waals surface area contributed by atoms with Crippen molar-refractivity contribution < 1.29 is 9.59 Å². The summed E-state index contributed by atoms with van der Waals surface area (Å²) >= 11 is 3.45. The van der Waals surface area contributed by atoms with Crippen LogP contribution in [0.2, 0.25) is 0 Å². The van der Waals surface area contributed by atoms with Gasteiger partial charge in [-0.3, -0.25) is 9.89 Å². The molecule has 1 aliphatic heterocycles. The number of urea groups is 1. The van der Waals surface area contributed by atoms with Crippen molar-refractivity contribution in [3.05, 3.63) is 75.6 Å². The number of aromatic nitrogens is 2. The molecule has 2 aromatic heterocycles. The Morgan fingerprint density at radius 2 is 1.94 bits per heavy atom. The number of H-pyrrole nitrogens is 1. The average molecular weight is 518 g/mol. The van der Waals surface area contributed by atoms with E-state index in [9.17, 15) is 9.59 Å².